The number of hydrogen-bond acceptors (Lipinski definition) is 5. The van der Waals surface area contributed by atoms with Crippen molar-refractivity contribution in [2.75, 3.05) is 19.0 Å². The molecule has 1 N–H and O–H groups in total. The number of nitriles is 1. The Balaban J connectivity index is 2.21. The van der Waals surface area contributed by atoms with Gasteiger partial charge in [-0.15, -0.1) is 0 Å². The van der Waals surface area contributed by atoms with Crippen LogP contribution < -0.4 is 10.1 Å². The molecule has 9 heteroatoms. The number of ether oxygens (including phenoxy) is 2. The van der Waals surface area contributed by atoms with E-state index in [1.54, 1.807) is 24.3 Å². The maximum Gasteiger partial charge on any atom is 0.343 e. The molecule has 0 saturated carbocycles. The quantitative estimate of drug-likeness (QED) is 0.360. The Morgan fingerprint density at radius 1 is 1.21 bits per heavy atom. The van der Waals surface area contributed by atoms with Crippen LogP contribution in [0.4, 0.5) is 5.69 Å². The summed E-state index contributed by atoms with van der Waals surface area (Å²) >= 11 is 15.6. The lowest BCUT2D eigenvalue weighted by molar-refractivity contribution is -0.142. The van der Waals surface area contributed by atoms with Crippen LogP contribution in [-0.4, -0.2) is 25.6 Å². The van der Waals surface area contributed by atoms with E-state index >= 15 is 0 Å². The van der Waals surface area contributed by atoms with Gasteiger partial charge in [0, 0.05) is 10.2 Å². The van der Waals surface area contributed by atoms with Gasteiger partial charge in [0.1, 0.15) is 11.6 Å². The molecule has 144 valence electrons. The highest BCUT2D eigenvalue weighted by molar-refractivity contribution is 9.10. The second-order valence-electron chi connectivity index (χ2n) is 5.31. The monoisotopic (exact) mass is 482 g/mol. The maximum atomic E-state index is 12.3. The van der Waals surface area contributed by atoms with Crippen LogP contribution in [0.2, 0.25) is 10.0 Å². The summed E-state index contributed by atoms with van der Waals surface area (Å²) < 4.78 is 10.6. The molecule has 0 aliphatic carbocycles. The minimum atomic E-state index is -0.590. The van der Waals surface area contributed by atoms with Crippen molar-refractivity contribution in [2.24, 2.45) is 0 Å². The van der Waals surface area contributed by atoms with E-state index in [0.717, 1.165) is 4.47 Å². The number of benzene rings is 2. The van der Waals surface area contributed by atoms with E-state index in [9.17, 15) is 14.9 Å². The van der Waals surface area contributed by atoms with Crippen LogP contribution in [0.15, 0.2) is 46.4 Å². The van der Waals surface area contributed by atoms with Gasteiger partial charge >= 0.3 is 5.97 Å². The molecule has 2 aromatic carbocycles. The van der Waals surface area contributed by atoms with Crippen LogP contribution in [0.5, 0.6) is 5.75 Å². The van der Waals surface area contributed by atoms with E-state index in [1.165, 1.54) is 25.3 Å². The predicted octanol–water partition coefficient (Wildman–Crippen LogP) is 4.85. The van der Waals surface area contributed by atoms with Crippen molar-refractivity contribution in [3.63, 3.8) is 0 Å². The normalized spacial score (nSPS) is 10.8. The predicted molar refractivity (Wildman–Crippen MR) is 110 cm³/mol. The van der Waals surface area contributed by atoms with Gasteiger partial charge in [-0.3, -0.25) is 4.79 Å². The molecule has 0 bridgehead atoms. The third-order valence-corrected chi connectivity index (χ3v) is 4.45. The van der Waals surface area contributed by atoms with Crippen LogP contribution >= 0.6 is 39.1 Å². The number of carbonyl (C=O) groups is 2. The highest BCUT2D eigenvalue weighted by atomic mass is 79.9. The van der Waals surface area contributed by atoms with Crippen molar-refractivity contribution in [1.82, 2.24) is 0 Å². The van der Waals surface area contributed by atoms with Crippen LogP contribution in [0.25, 0.3) is 6.08 Å². The molecule has 0 spiro atoms. The molecule has 2 aromatic rings. The van der Waals surface area contributed by atoms with Gasteiger partial charge < -0.3 is 14.8 Å². The number of hydrogen-bond donors (Lipinski definition) is 1. The fourth-order valence-corrected chi connectivity index (χ4v) is 2.92. The maximum absolute atomic E-state index is 12.3. The van der Waals surface area contributed by atoms with Crippen LogP contribution in [0.3, 0.4) is 0 Å². The van der Waals surface area contributed by atoms with E-state index in [4.69, 9.17) is 27.9 Å². The average molecular weight is 484 g/mol. The van der Waals surface area contributed by atoms with Gasteiger partial charge in [-0.05, 0) is 48.0 Å². The Hall–Kier alpha value is -2.53. The fraction of sp³-hybridized carbons (Fsp3) is 0.105. The minimum absolute atomic E-state index is 0.101. The third-order valence-electron chi connectivity index (χ3n) is 3.36. The number of anilines is 1. The number of methoxy groups -OCH3 is 1. The van der Waals surface area contributed by atoms with Gasteiger partial charge in [0.2, 0.25) is 0 Å². The van der Waals surface area contributed by atoms with Gasteiger partial charge in [0.15, 0.2) is 12.4 Å². The molecule has 0 unspecified atom stereocenters. The van der Waals surface area contributed by atoms with Crippen LogP contribution in [-0.2, 0) is 14.3 Å². The number of rotatable bonds is 6. The summed E-state index contributed by atoms with van der Waals surface area (Å²) in [6.45, 7) is -0.357. The Morgan fingerprint density at radius 3 is 2.36 bits per heavy atom. The Kier molecular flexibility index (Phi) is 7.88. The molecule has 0 aliphatic heterocycles. The summed E-state index contributed by atoms with van der Waals surface area (Å²) in [6.07, 6.45) is 1.34. The van der Waals surface area contributed by atoms with E-state index in [-0.39, 0.29) is 28.0 Å². The summed E-state index contributed by atoms with van der Waals surface area (Å²) in [5.41, 5.74) is 0.818. The number of nitrogens with zero attached hydrogens (tertiary/aromatic N) is 1. The topological polar surface area (TPSA) is 88.4 Å². The van der Waals surface area contributed by atoms with Crippen molar-refractivity contribution in [3.05, 3.63) is 62.1 Å². The van der Waals surface area contributed by atoms with E-state index in [0.29, 0.717) is 11.3 Å². The first kappa shape index (κ1) is 21.8. The molecule has 1 amide bonds. The first-order chi connectivity index (χ1) is 13.3. The van der Waals surface area contributed by atoms with Crippen LogP contribution in [0.1, 0.15) is 5.56 Å². The molecule has 6 nitrogen and oxygen atoms in total. The van der Waals surface area contributed by atoms with Gasteiger partial charge in [-0.25, -0.2) is 4.79 Å². The zero-order chi connectivity index (χ0) is 20.7. The number of carbonyl (C=O) groups excluding carboxylic acids is 2. The lowest BCUT2D eigenvalue weighted by Crippen LogP contribution is -2.13. The second-order valence-corrected chi connectivity index (χ2v) is 7.04. The zero-order valence-corrected chi connectivity index (χ0v) is 17.6. The van der Waals surface area contributed by atoms with Gasteiger partial charge in [0.25, 0.3) is 5.91 Å². The third kappa shape index (κ3) is 5.99. The highest BCUT2D eigenvalue weighted by Crippen LogP contribution is 2.35. The van der Waals surface area contributed by atoms with Crippen molar-refractivity contribution in [2.45, 2.75) is 0 Å². The molecule has 2 rings (SSSR count). The van der Waals surface area contributed by atoms with E-state index in [1.807, 2.05) is 6.07 Å². The number of amides is 1. The molecule has 0 fully saturated rings. The first-order valence-electron chi connectivity index (χ1n) is 7.71. The van der Waals surface area contributed by atoms with Crippen molar-refractivity contribution >= 4 is 62.8 Å². The molecule has 0 aromatic heterocycles. The largest absolute Gasteiger partial charge is 0.479 e. The smallest absolute Gasteiger partial charge is 0.343 e. The molecule has 0 aliphatic rings. The summed E-state index contributed by atoms with van der Waals surface area (Å²) in [5, 5.41) is 12.2. The molecule has 0 saturated heterocycles. The lowest BCUT2D eigenvalue weighted by Gasteiger charge is -2.10. The molecule has 0 atom stereocenters. The van der Waals surface area contributed by atoms with Crippen LogP contribution in [0, 0.1) is 11.3 Å². The molecule has 28 heavy (non-hydrogen) atoms. The number of nitrogens with one attached hydrogen (secondary N) is 1. The lowest BCUT2D eigenvalue weighted by atomic mass is 10.1. The fourth-order valence-electron chi connectivity index (χ4n) is 2.04. The summed E-state index contributed by atoms with van der Waals surface area (Å²) in [4.78, 5) is 23.5. The molecule has 0 heterocycles. The minimum Gasteiger partial charge on any atom is -0.479 e. The molecular weight excluding hydrogens is 471 g/mol. The zero-order valence-electron chi connectivity index (χ0n) is 14.5. The summed E-state index contributed by atoms with van der Waals surface area (Å²) in [7, 11) is 1.23. The molecule has 0 radical (unpaired) electrons. The van der Waals surface area contributed by atoms with Crippen molar-refractivity contribution < 1.29 is 19.1 Å². The number of halogens is 3. The van der Waals surface area contributed by atoms with Gasteiger partial charge in [-0.2, -0.15) is 5.26 Å². The van der Waals surface area contributed by atoms with Crippen molar-refractivity contribution in [3.8, 4) is 11.8 Å². The van der Waals surface area contributed by atoms with Gasteiger partial charge in [-0.1, -0.05) is 39.1 Å². The van der Waals surface area contributed by atoms with Crippen molar-refractivity contribution in [1.29, 1.82) is 5.26 Å². The average Bonchev–Trinajstić information content (AvgIpc) is 2.66. The summed E-state index contributed by atoms with van der Waals surface area (Å²) in [5.74, 6) is -1.07. The Bertz CT molecular complexity index is 946. The number of esters is 1. The first-order valence-corrected chi connectivity index (χ1v) is 9.26. The van der Waals surface area contributed by atoms with E-state index < -0.39 is 11.9 Å². The standard InChI is InChI=1S/C19H13BrCl2N2O4/c1-27-17(25)10-28-18-15(21)7-11(8-16(18)22)6-12(9-23)19(26)24-14-4-2-13(20)3-5-14/h2-8H,10H2,1H3,(H,24,26)/b12-6-. The Morgan fingerprint density at radius 2 is 1.82 bits per heavy atom. The second kappa shape index (κ2) is 10.1. The van der Waals surface area contributed by atoms with E-state index in [2.05, 4.69) is 26.0 Å². The Labute approximate surface area is 179 Å². The highest BCUT2D eigenvalue weighted by Gasteiger charge is 2.14. The molecular formula is C19H13BrCl2N2O4. The SMILES string of the molecule is COC(=O)COc1c(Cl)cc(/C=C(/C#N)C(=O)Nc2ccc(Br)cc2)cc1Cl. The summed E-state index contributed by atoms with van der Waals surface area (Å²) in [6, 6.07) is 11.7. The van der Waals surface area contributed by atoms with Gasteiger partial charge in [0.05, 0.1) is 17.2 Å².